The zero-order chi connectivity index (χ0) is 17.5. The molecule has 2 aromatic rings. The maximum Gasteiger partial charge on any atom is 0.257 e. The summed E-state index contributed by atoms with van der Waals surface area (Å²) in [4.78, 5) is 16.7. The van der Waals surface area contributed by atoms with Gasteiger partial charge in [-0.15, -0.1) is 0 Å². The van der Waals surface area contributed by atoms with Gasteiger partial charge in [-0.25, -0.2) is 0 Å². The monoisotopic (exact) mass is 339 g/mol. The SMILES string of the molecule is CCOc1ccc(NC(=O)c2cncc(NC3CCCCC3)c2)cc1. The number of carbonyl (C=O) groups excluding carboxylic acids is 1. The normalized spacial score (nSPS) is 14.8. The lowest BCUT2D eigenvalue weighted by Gasteiger charge is -2.23. The second kappa shape index (κ2) is 8.51. The van der Waals surface area contributed by atoms with Crippen LogP contribution in [0.1, 0.15) is 49.4 Å². The van der Waals surface area contributed by atoms with E-state index in [1.54, 1.807) is 12.4 Å². The van der Waals surface area contributed by atoms with E-state index in [0.29, 0.717) is 18.2 Å². The van der Waals surface area contributed by atoms with Crippen LogP contribution in [0, 0.1) is 0 Å². The van der Waals surface area contributed by atoms with E-state index >= 15 is 0 Å². The summed E-state index contributed by atoms with van der Waals surface area (Å²) in [5.74, 6) is 0.629. The first-order valence-corrected chi connectivity index (χ1v) is 9.00. The number of nitrogens with zero attached hydrogens (tertiary/aromatic N) is 1. The average molecular weight is 339 g/mol. The number of anilines is 2. The fourth-order valence-electron chi connectivity index (χ4n) is 3.13. The van der Waals surface area contributed by atoms with Crippen LogP contribution in [0.25, 0.3) is 0 Å². The summed E-state index contributed by atoms with van der Waals surface area (Å²) in [6, 6.07) is 9.71. The lowest BCUT2D eigenvalue weighted by atomic mass is 9.95. The zero-order valence-corrected chi connectivity index (χ0v) is 14.6. The molecule has 1 fully saturated rings. The molecule has 0 unspecified atom stereocenters. The molecule has 25 heavy (non-hydrogen) atoms. The van der Waals surface area contributed by atoms with Gasteiger partial charge in [0.15, 0.2) is 0 Å². The number of ether oxygens (including phenoxy) is 1. The van der Waals surface area contributed by atoms with Gasteiger partial charge >= 0.3 is 0 Å². The molecule has 0 aliphatic heterocycles. The number of nitrogens with one attached hydrogen (secondary N) is 2. The van der Waals surface area contributed by atoms with Crippen LogP contribution >= 0.6 is 0 Å². The standard InChI is InChI=1S/C20H25N3O2/c1-2-25-19-10-8-17(9-11-19)23-20(24)15-12-18(14-21-13-15)22-16-6-4-3-5-7-16/h8-14,16,22H,2-7H2,1H3,(H,23,24). The highest BCUT2D eigenvalue weighted by Crippen LogP contribution is 2.22. The quantitative estimate of drug-likeness (QED) is 0.814. The third-order valence-corrected chi connectivity index (χ3v) is 4.40. The van der Waals surface area contributed by atoms with E-state index in [1.807, 2.05) is 37.3 Å². The van der Waals surface area contributed by atoms with Crippen molar-refractivity contribution >= 4 is 17.3 Å². The molecule has 0 radical (unpaired) electrons. The molecule has 132 valence electrons. The predicted octanol–water partition coefficient (Wildman–Crippen LogP) is 4.48. The molecule has 5 nitrogen and oxygen atoms in total. The molecular formula is C20H25N3O2. The van der Waals surface area contributed by atoms with Crippen molar-refractivity contribution in [2.45, 2.75) is 45.1 Å². The minimum absolute atomic E-state index is 0.163. The van der Waals surface area contributed by atoms with Gasteiger partial charge in [-0.2, -0.15) is 0 Å². The van der Waals surface area contributed by atoms with Crippen molar-refractivity contribution in [2.75, 3.05) is 17.2 Å². The van der Waals surface area contributed by atoms with Crippen LogP contribution in [-0.4, -0.2) is 23.5 Å². The molecular weight excluding hydrogens is 314 g/mol. The number of carbonyl (C=O) groups is 1. The number of rotatable bonds is 6. The molecule has 1 aromatic carbocycles. The number of pyridine rings is 1. The summed E-state index contributed by atoms with van der Waals surface area (Å²) >= 11 is 0. The first kappa shape index (κ1) is 17.3. The van der Waals surface area contributed by atoms with E-state index in [1.165, 1.54) is 32.1 Å². The third kappa shape index (κ3) is 4.95. The van der Waals surface area contributed by atoms with Gasteiger partial charge in [-0.1, -0.05) is 19.3 Å². The Morgan fingerprint density at radius 2 is 1.88 bits per heavy atom. The topological polar surface area (TPSA) is 63.2 Å². The Morgan fingerprint density at radius 3 is 2.60 bits per heavy atom. The molecule has 1 amide bonds. The van der Waals surface area contributed by atoms with Crippen molar-refractivity contribution < 1.29 is 9.53 Å². The summed E-state index contributed by atoms with van der Waals surface area (Å²) in [6.45, 7) is 2.56. The maximum absolute atomic E-state index is 12.5. The Bertz CT molecular complexity index is 694. The zero-order valence-electron chi connectivity index (χ0n) is 14.6. The van der Waals surface area contributed by atoms with Crippen molar-refractivity contribution in [3.8, 4) is 5.75 Å². The van der Waals surface area contributed by atoms with Crippen LogP contribution in [0.3, 0.4) is 0 Å². The maximum atomic E-state index is 12.5. The first-order valence-electron chi connectivity index (χ1n) is 9.00. The average Bonchev–Trinajstić information content (AvgIpc) is 2.65. The molecule has 0 spiro atoms. The van der Waals surface area contributed by atoms with Crippen molar-refractivity contribution in [2.24, 2.45) is 0 Å². The molecule has 0 atom stereocenters. The highest BCUT2D eigenvalue weighted by atomic mass is 16.5. The minimum atomic E-state index is -0.163. The number of hydrogen-bond donors (Lipinski definition) is 2. The highest BCUT2D eigenvalue weighted by molar-refractivity contribution is 6.04. The number of aromatic nitrogens is 1. The van der Waals surface area contributed by atoms with Crippen LogP contribution in [0.4, 0.5) is 11.4 Å². The Balaban J connectivity index is 1.62. The van der Waals surface area contributed by atoms with E-state index in [4.69, 9.17) is 4.74 Å². The van der Waals surface area contributed by atoms with Gasteiger partial charge in [0.25, 0.3) is 5.91 Å². The second-order valence-corrected chi connectivity index (χ2v) is 6.35. The molecule has 2 N–H and O–H groups in total. The fourth-order valence-corrected chi connectivity index (χ4v) is 3.13. The van der Waals surface area contributed by atoms with E-state index < -0.39 is 0 Å². The smallest absolute Gasteiger partial charge is 0.257 e. The Kier molecular flexibility index (Phi) is 5.88. The number of amides is 1. The lowest BCUT2D eigenvalue weighted by Crippen LogP contribution is -2.22. The summed E-state index contributed by atoms with van der Waals surface area (Å²) in [7, 11) is 0. The predicted molar refractivity (Wildman–Crippen MR) is 100 cm³/mol. The summed E-state index contributed by atoms with van der Waals surface area (Å²) < 4.78 is 5.41. The Hall–Kier alpha value is -2.56. The Labute approximate surface area is 148 Å². The van der Waals surface area contributed by atoms with E-state index in [2.05, 4.69) is 15.6 Å². The molecule has 0 saturated heterocycles. The van der Waals surface area contributed by atoms with Gasteiger partial charge < -0.3 is 15.4 Å². The molecule has 1 aromatic heterocycles. The molecule has 1 heterocycles. The minimum Gasteiger partial charge on any atom is -0.494 e. The van der Waals surface area contributed by atoms with Gasteiger partial charge in [0.1, 0.15) is 5.75 Å². The van der Waals surface area contributed by atoms with Crippen molar-refractivity contribution in [3.05, 3.63) is 48.3 Å². The van der Waals surface area contributed by atoms with Gasteiger partial charge in [-0.3, -0.25) is 9.78 Å². The summed E-state index contributed by atoms with van der Waals surface area (Å²) in [6.07, 6.45) is 9.59. The molecule has 5 heteroatoms. The van der Waals surface area contributed by atoms with Crippen molar-refractivity contribution in [1.29, 1.82) is 0 Å². The molecule has 1 aliphatic rings. The summed E-state index contributed by atoms with van der Waals surface area (Å²) in [5.41, 5.74) is 2.19. The lowest BCUT2D eigenvalue weighted by molar-refractivity contribution is 0.102. The molecule has 1 saturated carbocycles. The van der Waals surface area contributed by atoms with E-state index in [0.717, 1.165) is 17.1 Å². The van der Waals surface area contributed by atoms with Gasteiger partial charge in [0.05, 0.1) is 17.9 Å². The second-order valence-electron chi connectivity index (χ2n) is 6.35. The van der Waals surface area contributed by atoms with E-state index in [-0.39, 0.29) is 5.91 Å². The first-order chi connectivity index (χ1) is 12.2. The number of benzene rings is 1. The van der Waals surface area contributed by atoms with Crippen LogP contribution in [0.2, 0.25) is 0 Å². The van der Waals surface area contributed by atoms with Crippen LogP contribution in [-0.2, 0) is 0 Å². The van der Waals surface area contributed by atoms with Crippen LogP contribution in [0.5, 0.6) is 5.75 Å². The molecule has 0 bridgehead atoms. The van der Waals surface area contributed by atoms with Crippen molar-refractivity contribution in [3.63, 3.8) is 0 Å². The Morgan fingerprint density at radius 1 is 1.12 bits per heavy atom. The summed E-state index contributed by atoms with van der Waals surface area (Å²) in [5, 5.41) is 6.40. The van der Waals surface area contributed by atoms with Crippen molar-refractivity contribution in [1.82, 2.24) is 4.98 Å². The highest BCUT2D eigenvalue weighted by Gasteiger charge is 2.14. The molecule has 3 rings (SSSR count). The van der Waals surface area contributed by atoms with Crippen LogP contribution < -0.4 is 15.4 Å². The third-order valence-electron chi connectivity index (χ3n) is 4.40. The van der Waals surface area contributed by atoms with Gasteiger partial charge in [0.2, 0.25) is 0 Å². The van der Waals surface area contributed by atoms with Gasteiger partial charge in [-0.05, 0) is 50.1 Å². The van der Waals surface area contributed by atoms with Crippen LogP contribution in [0.15, 0.2) is 42.7 Å². The number of hydrogen-bond acceptors (Lipinski definition) is 4. The largest absolute Gasteiger partial charge is 0.494 e. The fraction of sp³-hybridized carbons (Fsp3) is 0.400. The van der Waals surface area contributed by atoms with E-state index in [9.17, 15) is 4.79 Å². The molecule has 1 aliphatic carbocycles. The van der Waals surface area contributed by atoms with Gasteiger partial charge in [0, 0.05) is 24.1 Å².